The summed E-state index contributed by atoms with van der Waals surface area (Å²) in [5, 5.41) is 10.9. The summed E-state index contributed by atoms with van der Waals surface area (Å²) in [6.45, 7) is 2.90. The van der Waals surface area contributed by atoms with Gasteiger partial charge in [0.15, 0.2) is 0 Å². The zero-order valence-electron chi connectivity index (χ0n) is 13.0. The van der Waals surface area contributed by atoms with Gasteiger partial charge in [0, 0.05) is 25.3 Å². The van der Waals surface area contributed by atoms with Crippen LogP contribution in [-0.2, 0) is 15.4 Å². The number of rotatable bonds is 8. The molecule has 0 bridgehead atoms. The van der Waals surface area contributed by atoms with E-state index < -0.39 is 5.91 Å². The Labute approximate surface area is 126 Å². The minimum atomic E-state index is -1.09. The van der Waals surface area contributed by atoms with Crippen molar-refractivity contribution in [1.82, 2.24) is 5.32 Å². The Balaban J connectivity index is 2.09. The number of nitrogens with one attached hydrogen (secondary N) is 2. The number of amidine groups is 1. The van der Waals surface area contributed by atoms with Gasteiger partial charge in [-0.05, 0) is 24.6 Å². The molecule has 1 aromatic carbocycles. The van der Waals surface area contributed by atoms with Crippen molar-refractivity contribution in [1.29, 1.82) is 5.41 Å². The Kier molecular flexibility index (Phi) is 5.20. The van der Waals surface area contributed by atoms with E-state index in [9.17, 15) is 0 Å². The van der Waals surface area contributed by atoms with Gasteiger partial charge in [0.1, 0.15) is 11.6 Å². The molecule has 0 saturated carbocycles. The number of hydrogen-bond donors (Lipinski definition) is 2. The predicted molar refractivity (Wildman–Crippen MR) is 81.7 cm³/mol. The molecular weight excluding hydrogens is 268 g/mol. The molecule has 0 fully saturated rings. The molecule has 1 heterocycles. The maximum atomic E-state index is 7.97. The van der Waals surface area contributed by atoms with Crippen LogP contribution in [0.25, 0.3) is 0 Å². The van der Waals surface area contributed by atoms with Gasteiger partial charge in [0.05, 0.1) is 6.61 Å². The van der Waals surface area contributed by atoms with Gasteiger partial charge in [0.2, 0.25) is 0 Å². The molecule has 0 saturated heterocycles. The highest BCUT2D eigenvalue weighted by Crippen LogP contribution is 2.34. The van der Waals surface area contributed by atoms with Gasteiger partial charge in [-0.1, -0.05) is 26.2 Å². The van der Waals surface area contributed by atoms with Crippen molar-refractivity contribution in [2.24, 2.45) is 0 Å². The van der Waals surface area contributed by atoms with Crippen LogP contribution in [-0.4, -0.2) is 26.7 Å². The minimum Gasteiger partial charge on any atom is -0.494 e. The summed E-state index contributed by atoms with van der Waals surface area (Å²) >= 11 is 0. The highest BCUT2D eigenvalue weighted by Gasteiger charge is 2.42. The smallest absolute Gasteiger partial charge is 0.279 e. The molecule has 2 N–H and O–H groups in total. The fourth-order valence-corrected chi connectivity index (χ4v) is 2.53. The summed E-state index contributed by atoms with van der Waals surface area (Å²) in [6, 6.07) is 5.64. The fraction of sp³-hybridized carbons (Fsp3) is 0.562. The highest BCUT2D eigenvalue weighted by atomic mass is 16.7. The van der Waals surface area contributed by atoms with Crippen molar-refractivity contribution in [2.75, 3.05) is 20.8 Å². The quantitative estimate of drug-likeness (QED) is 0.571. The molecule has 5 nitrogen and oxygen atoms in total. The van der Waals surface area contributed by atoms with E-state index in [1.807, 2.05) is 18.2 Å². The summed E-state index contributed by atoms with van der Waals surface area (Å²) < 4.78 is 16.6. The number of fused-ring (bicyclic) bond motifs is 1. The van der Waals surface area contributed by atoms with Gasteiger partial charge in [0.25, 0.3) is 5.91 Å². The summed E-state index contributed by atoms with van der Waals surface area (Å²) in [4.78, 5) is 0. The first-order valence-corrected chi connectivity index (χ1v) is 7.41. The third-order valence-corrected chi connectivity index (χ3v) is 3.75. The average molecular weight is 292 g/mol. The van der Waals surface area contributed by atoms with Crippen LogP contribution in [0, 0.1) is 5.41 Å². The Morgan fingerprint density at radius 1 is 1.14 bits per heavy atom. The topological polar surface area (TPSA) is 63.6 Å². The van der Waals surface area contributed by atoms with E-state index in [1.165, 1.54) is 19.3 Å². The zero-order chi connectivity index (χ0) is 15.3. The summed E-state index contributed by atoms with van der Waals surface area (Å²) in [5.41, 5.74) is 1.56. The molecule has 0 unspecified atom stereocenters. The van der Waals surface area contributed by atoms with E-state index in [0.29, 0.717) is 12.4 Å². The second-order valence-corrected chi connectivity index (χ2v) is 5.14. The summed E-state index contributed by atoms with van der Waals surface area (Å²) in [5.74, 6) is -0.0167. The molecular formula is C16H24N2O3. The van der Waals surface area contributed by atoms with Crippen LogP contribution < -0.4 is 10.1 Å². The SMILES string of the molecule is CCCCCCOc1ccc2c(c1)C(OC)(OC)NC2=N. The van der Waals surface area contributed by atoms with Crippen LogP contribution in [0.5, 0.6) is 5.75 Å². The zero-order valence-corrected chi connectivity index (χ0v) is 13.0. The normalized spacial score (nSPS) is 15.7. The molecule has 21 heavy (non-hydrogen) atoms. The van der Waals surface area contributed by atoms with Crippen molar-refractivity contribution < 1.29 is 14.2 Å². The monoisotopic (exact) mass is 292 g/mol. The van der Waals surface area contributed by atoms with Gasteiger partial charge in [-0.15, -0.1) is 0 Å². The van der Waals surface area contributed by atoms with Crippen LogP contribution >= 0.6 is 0 Å². The van der Waals surface area contributed by atoms with E-state index in [0.717, 1.165) is 23.3 Å². The first kappa shape index (κ1) is 15.8. The van der Waals surface area contributed by atoms with Crippen LogP contribution in [0.4, 0.5) is 0 Å². The first-order valence-electron chi connectivity index (χ1n) is 7.41. The lowest BCUT2D eigenvalue weighted by Crippen LogP contribution is -2.42. The van der Waals surface area contributed by atoms with E-state index in [2.05, 4.69) is 12.2 Å². The number of benzene rings is 1. The lowest BCUT2D eigenvalue weighted by Gasteiger charge is -2.26. The number of methoxy groups -OCH3 is 2. The number of ether oxygens (including phenoxy) is 3. The van der Waals surface area contributed by atoms with Crippen molar-refractivity contribution >= 4 is 5.84 Å². The summed E-state index contributed by atoms with van der Waals surface area (Å²) in [6.07, 6.45) is 4.70. The first-order chi connectivity index (χ1) is 10.2. The van der Waals surface area contributed by atoms with Crippen molar-refractivity contribution in [3.63, 3.8) is 0 Å². The third kappa shape index (κ3) is 3.19. The molecule has 1 aromatic rings. The second kappa shape index (κ2) is 6.91. The molecule has 1 aliphatic rings. The molecule has 116 valence electrons. The Morgan fingerprint density at radius 2 is 1.90 bits per heavy atom. The Bertz CT molecular complexity index is 498. The van der Waals surface area contributed by atoms with Crippen LogP contribution in [0.1, 0.15) is 43.7 Å². The van der Waals surface area contributed by atoms with Crippen LogP contribution in [0.2, 0.25) is 0 Å². The molecule has 0 aliphatic carbocycles. The minimum absolute atomic E-state index is 0.295. The molecule has 0 spiro atoms. The largest absolute Gasteiger partial charge is 0.494 e. The highest BCUT2D eigenvalue weighted by molar-refractivity contribution is 6.01. The Hall–Kier alpha value is -1.59. The lowest BCUT2D eigenvalue weighted by atomic mass is 10.1. The standard InChI is InChI=1S/C16H24N2O3/c1-4-5-6-7-10-21-12-8-9-13-14(11-12)16(19-2,20-3)18-15(13)17/h8-9,11H,4-7,10H2,1-3H3,(H2,17,18). The lowest BCUT2D eigenvalue weighted by molar-refractivity contribution is -0.223. The molecule has 5 heteroatoms. The molecule has 0 atom stereocenters. The third-order valence-electron chi connectivity index (χ3n) is 3.75. The van der Waals surface area contributed by atoms with Gasteiger partial charge in [-0.25, -0.2) is 0 Å². The van der Waals surface area contributed by atoms with Gasteiger partial charge < -0.3 is 19.5 Å². The maximum Gasteiger partial charge on any atom is 0.279 e. The predicted octanol–water partition coefficient (Wildman–Crippen LogP) is 2.98. The molecule has 2 rings (SSSR count). The molecule has 0 amide bonds. The van der Waals surface area contributed by atoms with Crippen molar-refractivity contribution in [2.45, 2.75) is 38.5 Å². The van der Waals surface area contributed by atoms with Crippen molar-refractivity contribution in [3.8, 4) is 5.75 Å². The molecule has 1 aliphatic heterocycles. The van der Waals surface area contributed by atoms with Crippen molar-refractivity contribution in [3.05, 3.63) is 29.3 Å². The van der Waals surface area contributed by atoms with E-state index in [4.69, 9.17) is 19.6 Å². The van der Waals surface area contributed by atoms with E-state index >= 15 is 0 Å². The fourth-order valence-electron chi connectivity index (χ4n) is 2.53. The van der Waals surface area contributed by atoms with Crippen LogP contribution in [0.15, 0.2) is 18.2 Å². The van der Waals surface area contributed by atoms with E-state index in [-0.39, 0.29) is 0 Å². The summed E-state index contributed by atoms with van der Waals surface area (Å²) in [7, 11) is 3.11. The Morgan fingerprint density at radius 3 is 2.57 bits per heavy atom. The van der Waals surface area contributed by atoms with Crippen LogP contribution in [0.3, 0.4) is 0 Å². The number of hydrogen-bond acceptors (Lipinski definition) is 4. The number of unbranched alkanes of at least 4 members (excludes halogenated alkanes) is 3. The van der Waals surface area contributed by atoms with Gasteiger partial charge in [-0.3, -0.25) is 5.41 Å². The average Bonchev–Trinajstić information content (AvgIpc) is 2.80. The molecule has 0 aromatic heterocycles. The van der Waals surface area contributed by atoms with Gasteiger partial charge >= 0.3 is 0 Å². The second-order valence-electron chi connectivity index (χ2n) is 5.14. The maximum absolute atomic E-state index is 7.97. The molecule has 0 radical (unpaired) electrons. The van der Waals surface area contributed by atoms with E-state index in [1.54, 1.807) is 14.2 Å². The van der Waals surface area contributed by atoms with Gasteiger partial charge in [-0.2, -0.15) is 0 Å².